The number of nitrogens with zero attached hydrogens (tertiary/aromatic N) is 3. The zero-order valence-corrected chi connectivity index (χ0v) is 12.1. The molecular weight excluding hydrogens is 278 g/mol. The van der Waals surface area contributed by atoms with Gasteiger partial charge < -0.3 is 20.1 Å². The standard InChI is InChI=1S/C12H19N5O4/c1-3-13-12-15-8(2)10(17(18)19)11(16-12)14-6-9-7-20-4-5-21-9/h9H,3-7H2,1-2H3,(H2,13,14,15,16). The Balaban J connectivity index is 2.15. The number of hydrogen-bond acceptors (Lipinski definition) is 8. The van der Waals surface area contributed by atoms with Crippen molar-refractivity contribution in [3.63, 3.8) is 0 Å². The molecule has 21 heavy (non-hydrogen) atoms. The Morgan fingerprint density at radius 2 is 2.19 bits per heavy atom. The van der Waals surface area contributed by atoms with Crippen LogP contribution in [-0.4, -0.2) is 53.9 Å². The van der Waals surface area contributed by atoms with Crippen molar-refractivity contribution in [3.05, 3.63) is 15.8 Å². The maximum absolute atomic E-state index is 11.2. The van der Waals surface area contributed by atoms with Crippen molar-refractivity contribution < 1.29 is 14.4 Å². The summed E-state index contributed by atoms with van der Waals surface area (Å²) in [6.07, 6.45) is -0.142. The molecule has 1 saturated heterocycles. The molecule has 0 radical (unpaired) electrons. The second-order valence-corrected chi connectivity index (χ2v) is 4.57. The molecule has 1 aromatic rings. The fraction of sp³-hybridized carbons (Fsp3) is 0.667. The maximum atomic E-state index is 11.2. The Hall–Kier alpha value is -2.00. The molecule has 0 bridgehead atoms. The van der Waals surface area contributed by atoms with Gasteiger partial charge in [-0.25, -0.2) is 4.98 Å². The molecule has 2 heterocycles. The molecule has 0 aromatic carbocycles. The van der Waals surface area contributed by atoms with E-state index in [1.165, 1.54) is 0 Å². The van der Waals surface area contributed by atoms with E-state index >= 15 is 0 Å². The Morgan fingerprint density at radius 1 is 1.38 bits per heavy atom. The van der Waals surface area contributed by atoms with Gasteiger partial charge in [0, 0.05) is 13.1 Å². The van der Waals surface area contributed by atoms with Crippen molar-refractivity contribution >= 4 is 17.5 Å². The minimum absolute atomic E-state index is 0.117. The van der Waals surface area contributed by atoms with Gasteiger partial charge in [-0.3, -0.25) is 10.1 Å². The molecular formula is C12H19N5O4. The first-order chi connectivity index (χ1) is 10.1. The van der Waals surface area contributed by atoms with Crippen LogP contribution in [0.15, 0.2) is 0 Å². The fourth-order valence-corrected chi connectivity index (χ4v) is 2.01. The highest BCUT2D eigenvalue weighted by atomic mass is 16.6. The number of aryl methyl sites for hydroxylation is 1. The van der Waals surface area contributed by atoms with Crippen LogP contribution in [0.1, 0.15) is 12.6 Å². The molecule has 1 aliphatic rings. The first kappa shape index (κ1) is 15.4. The van der Waals surface area contributed by atoms with Gasteiger partial charge in [0.15, 0.2) is 0 Å². The summed E-state index contributed by atoms with van der Waals surface area (Å²) in [6, 6.07) is 0. The summed E-state index contributed by atoms with van der Waals surface area (Å²) >= 11 is 0. The zero-order chi connectivity index (χ0) is 15.2. The molecule has 1 fully saturated rings. The summed E-state index contributed by atoms with van der Waals surface area (Å²) in [5, 5.41) is 17.1. The maximum Gasteiger partial charge on any atom is 0.332 e. The average Bonchev–Trinajstić information content (AvgIpc) is 2.45. The largest absolute Gasteiger partial charge is 0.376 e. The van der Waals surface area contributed by atoms with E-state index in [1.807, 2.05) is 6.92 Å². The smallest absolute Gasteiger partial charge is 0.332 e. The summed E-state index contributed by atoms with van der Waals surface area (Å²) in [6.45, 7) is 6.09. The third-order valence-corrected chi connectivity index (χ3v) is 2.96. The van der Waals surface area contributed by atoms with Crippen LogP contribution in [-0.2, 0) is 9.47 Å². The molecule has 0 amide bonds. The minimum Gasteiger partial charge on any atom is -0.376 e. The highest BCUT2D eigenvalue weighted by molar-refractivity contribution is 5.60. The number of anilines is 2. The Labute approximate surface area is 122 Å². The Morgan fingerprint density at radius 3 is 2.81 bits per heavy atom. The lowest BCUT2D eigenvalue weighted by Crippen LogP contribution is -2.34. The molecule has 1 atom stereocenters. The summed E-state index contributed by atoms with van der Waals surface area (Å²) in [7, 11) is 0. The SMILES string of the molecule is CCNc1nc(C)c([N+](=O)[O-])c(NCC2COCCO2)n1. The highest BCUT2D eigenvalue weighted by Crippen LogP contribution is 2.26. The number of rotatable bonds is 6. The van der Waals surface area contributed by atoms with Crippen molar-refractivity contribution in [1.29, 1.82) is 0 Å². The first-order valence-corrected chi connectivity index (χ1v) is 6.82. The molecule has 2 N–H and O–H groups in total. The summed E-state index contributed by atoms with van der Waals surface area (Å²) in [5.74, 6) is 0.557. The quantitative estimate of drug-likeness (QED) is 0.589. The average molecular weight is 297 g/mol. The molecule has 0 saturated carbocycles. The number of nitro groups is 1. The van der Waals surface area contributed by atoms with Crippen LogP contribution in [0.4, 0.5) is 17.5 Å². The molecule has 1 aliphatic heterocycles. The lowest BCUT2D eigenvalue weighted by atomic mass is 10.3. The summed E-state index contributed by atoms with van der Waals surface area (Å²) < 4.78 is 10.8. The van der Waals surface area contributed by atoms with Crippen molar-refractivity contribution in [2.45, 2.75) is 20.0 Å². The zero-order valence-electron chi connectivity index (χ0n) is 12.1. The lowest BCUT2D eigenvalue weighted by Gasteiger charge is -2.23. The lowest BCUT2D eigenvalue weighted by molar-refractivity contribution is -0.385. The third-order valence-electron chi connectivity index (χ3n) is 2.96. The minimum atomic E-state index is -0.481. The molecule has 0 spiro atoms. The van der Waals surface area contributed by atoms with Gasteiger partial charge in [-0.15, -0.1) is 0 Å². The molecule has 0 aliphatic carbocycles. The van der Waals surface area contributed by atoms with Crippen LogP contribution in [0.25, 0.3) is 0 Å². The number of ether oxygens (including phenoxy) is 2. The number of nitrogens with one attached hydrogen (secondary N) is 2. The topological polar surface area (TPSA) is 111 Å². The van der Waals surface area contributed by atoms with E-state index in [1.54, 1.807) is 6.92 Å². The fourth-order valence-electron chi connectivity index (χ4n) is 2.01. The van der Waals surface area contributed by atoms with Gasteiger partial charge in [0.1, 0.15) is 5.69 Å². The van der Waals surface area contributed by atoms with E-state index in [2.05, 4.69) is 20.6 Å². The second-order valence-electron chi connectivity index (χ2n) is 4.57. The van der Waals surface area contributed by atoms with Gasteiger partial charge in [-0.1, -0.05) is 0 Å². The van der Waals surface area contributed by atoms with E-state index in [0.29, 0.717) is 44.6 Å². The van der Waals surface area contributed by atoms with Crippen LogP contribution in [0.3, 0.4) is 0 Å². The van der Waals surface area contributed by atoms with E-state index < -0.39 is 4.92 Å². The van der Waals surface area contributed by atoms with Gasteiger partial charge in [0.05, 0.1) is 30.8 Å². The second kappa shape index (κ2) is 7.14. The van der Waals surface area contributed by atoms with Gasteiger partial charge in [0.2, 0.25) is 11.8 Å². The van der Waals surface area contributed by atoms with Crippen molar-refractivity contribution in [1.82, 2.24) is 9.97 Å². The van der Waals surface area contributed by atoms with Gasteiger partial charge in [-0.2, -0.15) is 4.98 Å². The van der Waals surface area contributed by atoms with Crippen LogP contribution in [0, 0.1) is 17.0 Å². The van der Waals surface area contributed by atoms with E-state index in [-0.39, 0.29) is 17.6 Å². The van der Waals surface area contributed by atoms with E-state index in [0.717, 1.165) is 0 Å². The third kappa shape index (κ3) is 3.99. The van der Waals surface area contributed by atoms with Crippen molar-refractivity contribution in [2.24, 2.45) is 0 Å². The molecule has 116 valence electrons. The number of hydrogen-bond donors (Lipinski definition) is 2. The molecule has 2 rings (SSSR count). The van der Waals surface area contributed by atoms with Crippen LogP contribution in [0.5, 0.6) is 0 Å². The Bertz CT molecular complexity index is 505. The van der Waals surface area contributed by atoms with E-state index in [9.17, 15) is 10.1 Å². The van der Waals surface area contributed by atoms with Crippen LogP contribution in [0.2, 0.25) is 0 Å². The first-order valence-electron chi connectivity index (χ1n) is 6.82. The van der Waals surface area contributed by atoms with Crippen LogP contribution < -0.4 is 10.6 Å². The molecule has 9 nitrogen and oxygen atoms in total. The van der Waals surface area contributed by atoms with Gasteiger partial charge >= 0.3 is 5.69 Å². The normalized spacial score (nSPS) is 18.3. The van der Waals surface area contributed by atoms with Crippen molar-refractivity contribution in [2.75, 3.05) is 43.5 Å². The van der Waals surface area contributed by atoms with Crippen molar-refractivity contribution in [3.8, 4) is 0 Å². The molecule has 9 heteroatoms. The highest BCUT2D eigenvalue weighted by Gasteiger charge is 2.23. The number of aromatic nitrogens is 2. The monoisotopic (exact) mass is 297 g/mol. The Kier molecular flexibility index (Phi) is 5.23. The van der Waals surface area contributed by atoms with E-state index in [4.69, 9.17) is 9.47 Å². The predicted molar refractivity (Wildman–Crippen MR) is 76.6 cm³/mol. The van der Waals surface area contributed by atoms with Crippen LogP contribution >= 0.6 is 0 Å². The van der Waals surface area contributed by atoms with Gasteiger partial charge in [0.25, 0.3) is 0 Å². The molecule has 1 aromatic heterocycles. The molecule has 1 unspecified atom stereocenters. The summed E-state index contributed by atoms with van der Waals surface area (Å²) in [5.41, 5.74) is 0.197. The predicted octanol–water partition coefficient (Wildman–Crippen LogP) is 0.952. The summed E-state index contributed by atoms with van der Waals surface area (Å²) in [4.78, 5) is 18.9. The van der Waals surface area contributed by atoms with Gasteiger partial charge in [-0.05, 0) is 13.8 Å².